The first-order valence-corrected chi connectivity index (χ1v) is 8.32. The lowest BCUT2D eigenvalue weighted by molar-refractivity contribution is -0.136. The van der Waals surface area contributed by atoms with Crippen LogP contribution in [0.2, 0.25) is 0 Å². The smallest absolute Gasteiger partial charge is 0.306 e. The van der Waals surface area contributed by atoms with Gasteiger partial charge in [0.15, 0.2) is 0 Å². The largest absolute Gasteiger partial charge is 0.389 e. The fraction of sp³-hybridized carbons (Fsp3) is 0.800. The van der Waals surface area contributed by atoms with E-state index in [-0.39, 0.29) is 6.42 Å². The Morgan fingerprint density at radius 3 is 2.33 bits per heavy atom. The van der Waals surface area contributed by atoms with E-state index in [0.717, 1.165) is 35.0 Å². The van der Waals surface area contributed by atoms with Gasteiger partial charge in [-0.15, -0.1) is 11.3 Å². The number of aryl methyl sites for hydroxylation is 2. The molecular weight excluding hydrogens is 297 g/mol. The number of hydrogen-bond acceptors (Lipinski definition) is 3. The lowest BCUT2D eigenvalue weighted by Crippen LogP contribution is -2.40. The molecule has 1 aromatic heterocycles. The van der Waals surface area contributed by atoms with Crippen LogP contribution >= 0.6 is 11.3 Å². The maximum absolute atomic E-state index is 12.4. The van der Waals surface area contributed by atoms with Crippen LogP contribution in [0.15, 0.2) is 0 Å². The van der Waals surface area contributed by atoms with Gasteiger partial charge in [0.25, 0.3) is 0 Å². The SMILES string of the molecule is CCCNC(C)(CCCC(F)(F)F)c1nc(CC)c(C)s1. The summed E-state index contributed by atoms with van der Waals surface area (Å²) in [6.45, 7) is 8.87. The number of rotatable bonds is 8. The van der Waals surface area contributed by atoms with Gasteiger partial charge in [-0.2, -0.15) is 13.2 Å². The quantitative estimate of drug-likeness (QED) is 0.731. The Morgan fingerprint density at radius 1 is 1.19 bits per heavy atom. The van der Waals surface area contributed by atoms with Gasteiger partial charge in [0.1, 0.15) is 5.01 Å². The van der Waals surface area contributed by atoms with E-state index >= 15 is 0 Å². The lowest BCUT2D eigenvalue weighted by Gasteiger charge is -2.29. The van der Waals surface area contributed by atoms with E-state index in [1.54, 1.807) is 11.3 Å². The van der Waals surface area contributed by atoms with Crippen molar-refractivity contribution in [1.29, 1.82) is 0 Å². The van der Waals surface area contributed by atoms with Gasteiger partial charge in [-0.05, 0) is 46.1 Å². The highest BCUT2D eigenvalue weighted by Gasteiger charge is 2.33. The average molecular weight is 322 g/mol. The highest BCUT2D eigenvalue weighted by atomic mass is 32.1. The van der Waals surface area contributed by atoms with Crippen molar-refractivity contribution < 1.29 is 13.2 Å². The first kappa shape index (κ1) is 18.4. The second-order valence-corrected chi connectivity index (χ2v) is 6.81. The van der Waals surface area contributed by atoms with Crippen molar-refractivity contribution in [2.24, 2.45) is 0 Å². The maximum atomic E-state index is 12.4. The number of alkyl halides is 3. The second kappa shape index (κ2) is 7.58. The zero-order valence-electron chi connectivity index (χ0n) is 13.2. The topological polar surface area (TPSA) is 24.9 Å². The first-order valence-electron chi connectivity index (χ1n) is 7.50. The van der Waals surface area contributed by atoms with Crippen LogP contribution in [0.4, 0.5) is 13.2 Å². The van der Waals surface area contributed by atoms with Crippen LogP contribution in [-0.2, 0) is 12.0 Å². The molecule has 0 bridgehead atoms. The minimum atomic E-state index is -4.08. The molecule has 6 heteroatoms. The van der Waals surface area contributed by atoms with Gasteiger partial charge in [0, 0.05) is 11.3 Å². The molecular formula is C15H25F3N2S. The highest BCUT2D eigenvalue weighted by Crippen LogP contribution is 2.34. The predicted octanol–water partition coefficient (Wildman–Crippen LogP) is 4.96. The summed E-state index contributed by atoms with van der Waals surface area (Å²) in [4.78, 5) is 5.80. The summed E-state index contributed by atoms with van der Waals surface area (Å²) in [6, 6.07) is 0. The fourth-order valence-corrected chi connectivity index (χ4v) is 3.46. The zero-order chi connectivity index (χ0) is 16.1. The Morgan fingerprint density at radius 2 is 1.86 bits per heavy atom. The summed E-state index contributed by atoms with van der Waals surface area (Å²) in [5.74, 6) is 0. The molecule has 0 saturated carbocycles. The molecule has 0 fully saturated rings. The molecule has 1 heterocycles. The predicted molar refractivity (Wildman–Crippen MR) is 81.8 cm³/mol. The Balaban J connectivity index is 2.85. The van der Waals surface area contributed by atoms with Crippen molar-refractivity contribution in [2.75, 3.05) is 6.54 Å². The van der Waals surface area contributed by atoms with Gasteiger partial charge >= 0.3 is 6.18 Å². The summed E-state index contributed by atoms with van der Waals surface area (Å²) >= 11 is 1.60. The molecule has 1 N–H and O–H groups in total. The van der Waals surface area contributed by atoms with Crippen LogP contribution in [0.5, 0.6) is 0 Å². The number of hydrogen-bond donors (Lipinski definition) is 1. The Bertz CT molecular complexity index is 443. The van der Waals surface area contributed by atoms with Gasteiger partial charge in [0.05, 0.1) is 11.2 Å². The van der Waals surface area contributed by atoms with E-state index in [4.69, 9.17) is 0 Å². The van der Waals surface area contributed by atoms with Crippen LogP contribution in [0.3, 0.4) is 0 Å². The van der Waals surface area contributed by atoms with Crippen molar-refractivity contribution in [3.05, 3.63) is 15.6 Å². The van der Waals surface area contributed by atoms with E-state index < -0.39 is 18.1 Å². The number of halogens is 3. The molecule has 0 aliphatic heterocycles. The third-order valence-corrected chi connectivity index (χ3v) is 4.88. The van der Waals surface area contributed by atoms with Crippen molar-refractivity contribution >= 4 is 11.3 Å². The lowest BCUT2D eigenvalue weighted by atomic mass is 9.95. The molecule has 21 heavy (non-hydrogen) atoms. The monoisotopic (exact) mass is 322 g/mol. The molecule has 1 unspecified atom stereocenters. The summed E-state index contributed by atoms with van der Waals surface area (Å²) < 4.78 is 37.1. The minimum absolute atomic E-state index is 0.122. The second-order valence-electron chi connectivity index (χ2n) is 5.60. The summed E-state index contributed by atoms with van der Waals surface area (Å²) in [5, 5.41) is 4.30. The van der Waals surface area contributed by atoms with Crippen molar-refractivity contribution in [3.63, 3.8) is 0 Å². The molecule has 2 nitrogen and oxygen atoms in total. The van der Waals surface area contributed by atoms with E-state index in [9.17, 15) is 13.2 Å². The zero-order valence-corrected chi connectivity index (χ0v) is 14.0. The molecule has 0 aliphatic carbocycles. The van der Waals surface area contributed by atoms with Crippen molar-refractivity contribution in [2.45, 2.75) is 71.5 Å². The molecule has 1 rings (SSSR count). The molecule has 0 aromatic carbocycles. The summed E-state index contributed by atoms with van der Waals surface area (Å²) in [7, 11) is 0. The molecule has 0 spiro atoms. The van der Waals surface area contributed by atoms with Crippen LogP contribution in [0.25, 0.3) is 0 Å². The van der Waals surface area contributed by atoms with E-state index in [1.807, 2.05) is 27.7 Å². The molecule has 122 valence electrons. The summed E-state index contributed by atoms with van der Waals surface area (Å²) in [5.41, 5.74) is 0.583. The van der Waals surface area contributed by atoms with E-state index in [1.165, 1.54) is 0 Å². The van der Waals surface area contributed by atoms with Gasteiger partial charge in [-0.25, -0.2) is 4.98 Å². The van der Waals surface area contributed by atoms with Crippen LogP contribution in [-0.4, -0.2) is 17.7 Å². The molecule has 0 amide bonds. The van der Waals surface area contributed by atoms with E-state index in [2.05, 4.69) is 10.3 Å². The van der Waals surface area contributed by atoms with Gasteiger partial charge in [0.2, 0.25) is 0 Å². The first-order chi connectivity index (χ1) is 9.72. The maximum Gasteiger partial charge on any atom is 0.389 e. The number of nitrogens with one attached hydrogen (secondary N) is 1. The average Bonchev–Trinajstić information content (AvgIpc) is 2.77. The molecule has 0 saturated heterocycles. The normalized spacial score (nSPS) is 15.2. The van der Waals surface area contributed by atoms with E-state index in [0.29, 0.717) is 6.42 Å². The fourth-order valence-electron chi connectivity index (χ4n) is 2.31. The third-order valence-electron chi connectivity index (χ3n) is 3.60. The Labute approximate surface area is 129 Å². The Hall–Kier alpha value is -0.620. The van der Waals surface area contributed by atoms with Gasteiger partial charge in [-0.3, -0.25) is 0 Å². The van der Waals surface area contributed by atoms with Crippen molar-refractivity contribution in [1.82, 2.24) is 10.3 Å². The number of thiazole rings is 1. The van der Waals surface area contributed by atoms with Crippen LogP contribution in [0, 0.1) is 6.92 Å². The van der Waals surface area contributed by atoms with Gasteiger partial charge < -0.3 is 5.32 Å². The van der Waals surface area contributed by atoms with Crippen molar-refractivity contribution in [3.8, 4) is 0 Å². The minimum Gasteiger partial charge on any atom is -0.306 e. The molecule has 1 atom stereocenters. The van der Waals surface area contributed by atoms with Crippen LogP contribution < -0.4 is 5.32 Å². The molecule has 0 aliphatic rings. The summed E-state index contributed by atoms with van der Waals surface area (Å²) in [6.07, 6.45) is -2.45. The molecule has 1 aromatic rings. The Kier molecular flexibility index (Phi) is 6.66. The third kappa shape index (κ3) is 5.58. The van der Waals surface area contributed by atoms with Crippen LogP contribution in [0.1, 0.15) is 62.0 Å². The molecule has 0 radical (unpaired) electrons. The number of nitrogens with zero attached hydrogens (tertiary/aromatic N) is 1. The standard InChI is InChI=1S/C15H25F3N2S/c1-5-10-19-14(4,8-7-9-15(16,17)18)13-20-12(6-2)11(3)21-13/h19H,5-10H2,1-4H3. The van der Waals surface area contributed by atoms with Gasteiger partial charge in [-0.1, -0.05) is 13.8 Å². The number of aromatic nitrogens is 1. The highest BCUT2D eigenvalue weighted by molar-refractivity contribution is 7.11.